The second-order valence-corrected chi connectivity index (χ2v) is 5.30. The van der Waals surface area contributed by atoms with Crippen LogP contribution in [0.25, 0.3) is 0 Å². The highest BCUT2D eigenvalue weighted by Crippen LogP contribution is 2.29. The van der Waals surface area contributed by atoms with Crippen LogP contribution in [-0.4, -0.2) is 17.0 Å². The molecule has 0 aromatic rings. The number of nitrogens with two attached hydrogens (primary N) is 1. The number of hydrazine groups is 1. The third kappa shape index (κ3) is 4.49. The van der Waals surface area contributed by atoms with Gasteiger partial charge >= 0.3 is 0 Å². The molecule has 0 amide bonds. The van der Waals surface area contributed by atoms with Crippen LogP contribution < -0.4 is 11.3 Å². The number of rotatable bonds is 7. The topological polar surface area (TPSA) is 38.0 Å². The van der Waals surface area contributed by atoms with Crippen molar-refractivity contribution in [3.8, 4) is 0 Å². The fourth-order valence-electron chi connectivity index (χ4n) is 1.84. The van der Waals surface area contributed by atoms with E-state index in [-0.39, 0.29) is 0 Å². The van der Waals surface area contributed by atoms with Crippen LogP contribution in [0.5, 0.6) is 0 Å². The van der Waals surface area contributed by atoms with Gasteiger partial charge in [-0.3, -0.25) is 11.3 Å². The molecule has 14 heavy (non-hydrogen) atoms. The molecule has 1 aliphatic rings. The Bertz CT molecular complexity index is 155. The summed E-state index contributed by atoms with van der Waals surface area (Å²) >= 11 is 2.09. The van der Waals surface area contributed by atoms with E-state index in [1.807, 2.05) is 6.08 Å². The number of nitrogens with one attached hydrogen (secondary N) is 1. The van der Waals surface area contributed by atoms with E-state index in [4.69, 9.17) is 5.84 Å². The molecule has 3 N–H and O–H groups in total. The van der Waals surface area contributed by atoms with Crippen molar-refractivity contribution in [2.75, 3.05) is 5.75 Å². The van der Waals surface area contributed by atoms with Gasteiger partial charge < -0.3 is 0 Å². The van der Waals surface area contributed by atoms with Crippen LogP contribution in [0, 0.1) is 0 Å². The summed E-state index contributed by atoms with van der Waals surface area (Å²) in [6.45, 7) is 3.73. The number of thioether (sulfide) groups is 1. The highest BCUT2D eigenvalue weighted by molar-refractivity contribution is 7.99. The summed E-state index contributed by atoms with van der Waals surface area (Å²) in [7, 11) is 0. The van der Waals surface area contributed by atoms with E-state index >= 15 is 0 Å². The van der Waals surface area contributed by atoms with Crippen molar-refractivity contribution in [3.63, 3.8) is 0 Å². The van der Waals surface area contributed by atoms with Gasteiger partial charge in [-0.1, -0.05) is 18.9 Å². The molecule has 2 nitrogen and oxygen atoms in total. The zero-order valence-corrected chi connectivity index (χ0v) is 9.69. The lowest BCUT2D eigenvalue weighted by atomic mass is 10.2. The van der Waals surface area contributed by atoms with Crippen LogP contribution in [0.4, 0.5) is 0 Å². The van der Waals surface area contributed by atoms with Gasteiger partial charge in [0.25, 0.3) is 0 Å². The first-order valence-corrected chi connectivity index (χ1v) is 6.60. The minimum absolute atomic E-state index is 0.457. The fraction of sp³-hybridized carbons (Fsp3) is 0.818. The first-order valence-electron chi connectivity index (χ1n) is 5.55. The van der Waals surface area contributed by atoms with Crippen LogP contribution in [0.3, 0.4) is 0 Å². The molecular weight excluding hydrogens is 192 g/mol. The van der Waals surface area contributed by atoms with Gasteiger partial charge in [0.05, 0.1) is 0 Å². The van der Waals surface area contributed by atoms with Crippen molar-refractivity contribution in [2.24, 2.45) is 5.84 Å². The molecule has 1 aliphatic carbocycles. The first-order chi connectivity index (χ1) is 6.86. The summed E-state index contributed by atoms with van der Waals surface area (Å²) < 4.78 is 0. The SMILES string of the molecule is C=CCCC(CSC1CCCC1)NN. The Morgan fingerprint density at radius 1 is 1.50 bits per heavy atom. The van der Waals surface area contributed by atoms with Crippen molar-refractivity contribution in [2.45, 2.75) is 49.8 Å². The monoisotopic (exact) mass is 214 g/mol. The number of hydrogen-bond donors (Lipinski definition) is 2. The molecule has 3 heteroatoms. The van der Waals surface area contributed by atoms with Gasteiger partial charge in [0, 0.05) is 17.0 Å². The van der Waals surface area contributed by atoms with Crippen LogP contribution in [0.2, 0.25) is 0 Å². The van der Waals surface area contributed by atoms with Crippen molar-refractivity contribution in [3.05, 3.63) is 12.7 Å². The lowest BCUT2D eigenvalue weighted by molar-refractivity contribution is 0.543. The van der Waals surface area contributed by atoms with Crippen molar-refractivity contribution in [1.82, 2.24) is 5.43 Å². The van der Waals surface area contributed by atoms with E-state index in [0.29, 0.717) is 6.04 Å². The zero-order chi connectivity index (χ0) is 10.2. The second kappa shape index (κ2) is 7.32. The molecule has 0 heterocycles. The predicted octanol–water partition coefficient (Wildman–Crippen LogP) is 2.46. The standard InChI is InChI=1S/C11H22N2S/c1-2-3-6-10(13-12)9-14-11-7-4-5-8-11/h2,10-11,13H,1,3-9,12H2. The normalized spacial score (nSPS) is 19.8. The molecule has 1 rings (SSSR count). The van der Waals surface area contributed by atoms with Gasteiger partial charge in [-0.25, -0.2) is 0 Å². The highest BCUT2D eigenvalue weighted by Gasteiger charge is 2.16. The van der Waals surface area contributed by atoms with Crippen molar-refractivity contribution >= 4 is 11.8 Å². The molecule has 1 atom stereocenters. The maximum absolute atomic E-state index is 5.50. The molecule has 1 saturated carbocycles. The van der Waals surface area contributed by atoms with E-state index in [0.717, 1.165) is 23.8 Å². The lowest BCUT2D eigenvalue weighted by Gasteiger charge is -2.16. The zero-order valence-electron chi connectivity index (χ0n) is 8.87. The average Bonchev–Trinajstić information content (AvgIpc) is 2.71. The summed E-state index contributed by atoms with van der Waals surface area (Å²) in [5.74, 6) is 6.65. The maximum atomic E-state index is 5.50. The number of allylic oxidation sites excluding steroid dienone is 1. The van der Waals surface area contributed by atoms with Gasteiger partial charge in [-0.15, -0.1) is 6.58 Å². The van der Waals surface area contributed by atoms with Crippen molar-refractivity contribution < 1.29 is 0 Å². The van der Waals surface area contributed by atoms with E-state index in [1.165, 1.54) is 25.7 Å². The third-order valence-electron chi connectivity index (χ3n) is 2.79. The summed E-state index contributed by atoms with van der Waals surface area (Å²) in [5, 5.41) is 0.898. The molecule has 0 aliphatic heterocycles. The Morgan fingerprint density at radius 2 is 2.21 bits per heavy atom. The van der Waals surface area contributed by atoms with E-state index in [9.17, 15) is 0 Å². The van der Waals surface area contributed by atoms with Crippen LogP contribution >= 0.6 is 11.8 Å². The highest BCUT2D eigenvalue weighted by atomic mass is 32.2. The van der Waals surface area contributed by atoms with Crippen LogP contribution in [0.15, 0.2) is 12.7 Å². The molecule has 0 spiro atoms. The van der Waals surface area contributed by atoms with Crippen LogP contribution in [0.1, 0.15) is 38.5 Å². The molecule has 0 saturated heterocycles. The Morgan fingerprint density at radius 3 is 2.79 bits per heavy atom. The molecule has 0 aromatic heterocycles. The van der Waals surface area contributed by atoms with Crippen molar-refractivity contribution in [1.29, 1.82) is 0 Å². The summed E-state index contributed by atoms with van der Waals surface area (Å²) in [5.41, 5.74) is 2.89. The molecule has 0 aromatic carbocycles. The molecule has 1 unspecified atom stereocenters. The van der Waals surface area contributed by atoms with Crippen LogP contribution in [-0.2, 0) is 0 Å². The number of hydrogen-bond acceptors (Lipinski definition) is 3. The molecule has 0 bridgehead atoms. The van der Waals surface area contributed by atoms with E-state index in [2.05, 4.69) is 23.8 Å². The predicted molar refractivity (Wildman–Crippen MR) is 65.3 cm³/mol. The van der Waals surface area contributed by atoms with Gasteiger partial charge in [0.15, 0.2) is 0 Å². The van der Waals surface area contributed by atoms with Gasteiger partial charge in [0.2, 0.25) is 0 Å². The maximum Gasteiger partial charge on any atom is 0.0304 e. The average molecular weight is 214 g/mol. The lowest BCUT2D eigenvalue weighted by Crippen LogP contribution is -2.37. The largest absolute Gasteiger partial charge is 0.271 e. The minimum atomic E-state index is 0.457. The first kappa shape index (κ1) is 12.1. The molecule has 0 radical (unpaired) electrons. The van der Waals surface area contributed by atoms with Gasteiger partial charge in [-0.05, 0) is 25.7 Å². The molecular formula is C11H22N2S. The Kier molecular flexibility index (Phi) is 6.32. The molecule has 1 fully saturated rings. The second-order valence-electron chi connectivity index (χ2n) is 3.97. The Labute approximate surface area is 91.7 Å². The third-order valence-corrected chi connectivity index (χ3v) is 4.33. The van der Waals surface area contributed by atoms with E-state index < -0.39 is 0 Å². The Balaban J connectivity index is 2.09. The van der Waals surface area contributed by atoms with Gasteiger partial charge in [-0.2, -0.15) is 11.8 Å². The summed E-state index contributed by atoms with van der Waals surface area (Å²) in [4.78, 5) is 0. The van der Waals surface area contributed by atoms with E-state index in [1.54, 1.807) is 0 Å². The minimum Gasteiger partial charge on any atom is -0.271 e. The summed E-state index contributed by atoms with van der Waals surface area (Å²) in [6, 6.07) is 0.457. The molecule has 82 valence electrons. The summed E-state index contributed by atoms with van der Waals surface area (Å²) in [6.07, 6.45) is 9.79. The Hall–Kier alpha value is 0.01000. The smallest absolute Gasteiger partial charge is 0.0304 e. The fourth-order valence-corrected chi connectivity index (χ4v) is 3.28. The van der Waals surface area contributed by atoms with Gasteiger partial charge in [0.1, 0.15) is 0 Å². The quantitative estimate of drug-likeness (QED) is 0.388.